The highest BCUT2D eigenvalue weighted by molar-refractivity contribution is 6.05. The first kappa shape index (κ1) is 24.6. The number of aromatic carboxylic acids is 1. The SMILES string of the molecule is O=C(O)c1cc2ccc(OCc3cccc(C4(O)C[C@H]5CC[C@@H](C4)O5)c3)cc2c(-c2ccccc2)c1CO. The molecule has 1 unspecified atom stereocenters. The van der Waals surface area contributed by atoms with Crippen molar-refractivity contribution < 1.29 is 29.6 Å². The van der Waals surface area contributed by atoms with Gasteiger partial charge in [0.1, 0.15) is 12.4 Å². The summed E-state index contributed by atoms with van der Waals surface area (Å²) in [6, 6.07) is 24.6. The molecule has 38 heavy (non-hydrogen) atoms. The molecule has 2 fully saturated rings. The van der Waals surface area contributed by atoms with E-state index in [4.69, 9.17) is 9.47 Å². The van der Waals surface area contributed by atoms with Crippen molar-refractivity contribution in [3.05, 3.63) is 101 Å². The third kappa shape index (κ3) is 4.56. The molecule has 2 saturated heterocycles. The molecule has 4 aromatic rings. The fraction of sp³-hybridized carbons (Fsp3) is 0.281. The van der Waals surface area contributed by atoms with Crippen LogP contribution in [0.15, 0.2) is 78.9 Å². The molecule has 2 bridgehead atoms. The number of carbonyl (C=O) groups is 1. The summed E-state index contributed by atoms with van der Waals surface area (Å²) >= 11 is 0. The number of rotatable bonds is 7. The zero-order valence-corrected chi connectivity index (χ0v) is 21.0. The quantitative estimate of drug-likeness (QED) is 0.291. The highest BCUT2D eigenvalue weighted by Gasteiger charge is 2.44. The minimum atomic E-state index is -1.08. The van der Waals surface area contributed by atoms with Crippen LogP contribution in [0.1, 0.15) is 52.7 Å². The Morgan fingerprint density at radius 3 is 2.42 bits per heavy atom. The molecule has 0 amide bonds. The molecule has 194 valence electrons. The number of aliphatic hydroxyl groups is 2. The van der Waals surface area contributed by atoms with Gasteiger partial charge in [-0.2, -0.15) is 0 Å². The van der Waals surface area contributed by atoms with Crippen LogP contribution in [0.5, 0.6) is 5.75 Å². The van der Waals surface area contributed by atoms with Gasteiger partial charge >= 0.3 is 5.97 Å². The Labute approximate surface area is 221 Å². The van der Waals surface area contributed by atoms with Crippen molar-refractivity contribution in [3.8, 4) is 16.9 Å². The molecular formula is C32H30O6. The number of aliphatic hydroxyl groups excluding tert-OH is 1. The first-order chi connectivity index (χ1) is 18.4. The number of benzene rings is 4. The van der Waals surface area contributed by atoms with Crippen LogP contribution in [-0.4, -0.2) is 33.5 Å². The summed E-state index contributed by atoms with van der Waals surface area (Å²) in [5, 5.41) is 32.9. The van der Waals surface area contributed by atoms with E-state index in [9.17, 15) is 20.1 Å². The first-order valence-electron chi connectivity index (χ1n) is 13.0. The van der Waals surface area contributed by atoms with Crippen LogP contribution in [-0.2, 0) is 23.6 Å². The average Bonchev–Trinajstić information content (AvgIpc) is 3.29. The largest absolute Gasteiger partial charge is 0.489 e. The fourth-order valence-electron chi connectivity index (χ4n) is 6.07. The van der Waals surface area contributed by atoms with Crippen molar-refractivity contribution in [2.45, 2.75) is 56.7 Å². The maximum absolute atomic E-state index is 12.0. The van der Waals surface area contributed by atoms with E-state index in [2.05, 4.69) is 0 Å². The van der Waals surface area contributed by atoms with Gasteiger partial charge in [0.25, 0.3) is 0 Å². The van der Waals surface area contributed by atoms with Gasteiger partial charge in [-0.1, -0.05) is 54.6 Å². The lowest BCUT2D eigenvalue weighted by molar-refractivity contribution is -0.115. The van der Waals surface area contributed by atoms with Crippen molar-refractivity contribution in [1.82, 2.24) is 0 Å². The minimum Gasteiger partial charge on any atom is -0.489 e. The number of fused-ring (bicyclic) bond motifs is 3. The molecule has 0 saturated carbocycles. The summed E-state index contributed by atoms with van der Waals surface area (Å²) in [7, 11) is 0. The third-order valence-electron chi connectivity index (χ3n) is 7.87. The minimum absolute atomic E-state index is 0.0869. The van der Waals surface area contributed by atoms with E-state index >= 15 is 0 Å². The fourth-order valence-corrected chi connectivity index (χ4v) is 6.07. The predicted molar refractivity (Wildman–Crippen MR) is 144 cm³/mol. The summed E-state index contributed by atoms with van der Waals surface area (Å²) in [6.45, 7) is -0.0745. The molecule has 2 aliphatic heterocycles. The molecule has 6 nitrogen and oxygen atoms in total. The van der Waals surface area contributed by atoms with Crippen LogP contribution in [0.4, 0.5) is 0 Å². The Morgan fingerprint density at radius 1 is 0.947 bits per heavy atom. The van der Waals surface area contributed by atoms with Crippen molar-refractivity contribution in [3.63, 3.8) is 0 Å². The lowest BCUT2D eigenvalue weighted by Gasteiger charge is -2.37. The number of carboxylic acids is 1. The van der Waals surface area contributed by atoms with E-state index in [1.54, 1.807) is 6.07 Å². The van der Waals surface area contributed by atoms with Crippen molar-refractivity contribution in [2.75, 3.05) is 0 Å². The Hall–Kier alpha value is -3.71. The van der Waals surface area contributed by atoms with Gasteiger partial charge in [0, 0.05) is 18.4 Å². The highest BCUT2D eigenvalue weighted by atomic mass is 16.5. The van der Waals surface area contributed by atoms with Crippen LogP contribution >= 0.6 is 0 Å². The summed E-state index contributed by atoms with van der Waals surface area (Å²) < 4.78 is 12.1. The van der Waals surface area contributed by atoms with Gasteiger partial charge in [-0.15, -0.1) is 0 Å². The summed E-state index contributed by atoms with van der Waals surface area (Å²) in [5.41, 5.74) is 2.95. The van der Waals surface area contributed by atoms with E-state index in [1.165, 1.54) is 0 Å². The molecular weight excluding hydrogens is 480 g/mol. The van der Waals surface area contributed by atoms with Crippen LogP contribution < -0.4 is 4.74 Å². The molecule has 4 aromatic carbocycles. The first-order valence-corrected chi connectivity index (χ1v) is 13.0. The molecule has 0 spiro atoms. The molecule has 3 atom stereocenters. The Kier molecular flexibility index (Phi) is 6.40. The monoisotopic (exact) mass is 510 g/mol. The standard InChI is InChI=1S/C32H30O6/c33-18-29-28(31(34)35)14-22-9-10-24(15-27(22)30(29)21-6-2-1-3-7-21)37-19-20-5-4-8-23(13-20)32(36)16-25-11-12-26(17-32)38-25/h1-10,13-15,25-26,33,36H,11-12,16-19H2,(H,34,35)/t25-,26+,32?. The zero-order chi connectivity index (χ0) is 26.3. The van der Waals surface area contributed by atoms with Gasteiger partial charge in [-0.05, 0) is 70.1 Å². The number of hydrogen-bond donors (Lipinski definition) is 3. The van der Waals surface area contributed by atoms with Crippen molar-refractivity contribution in [2.24, 2.45) is 0 Å². The summed E-state index contributed by atoms with van der Waals surface area (Å²) in [6.07, 6.45) is 3.50. The van der Waals surface area contributed by atoms with Crippen LogP contribution in [0, 0.1) is 0 Å². The Balaban J connectivity index is 1.32. The van der Waals surface area contributed by atoms with E-state index in [0.717, 1.165) is 40.3 Å². The van der Waals surface area contributed by atoms with Crippen LogP contribution in [0.3, 0.4) is 0 Å². The molecule has 0 radical (unpaired) electrons. The average molecular weight is 511 g/mol. The van der Waals surface area contributed by atoms with Gasteiger partial charge in [0.2, 0.25) is 0 Å². The molecule has 6 heteroatoms. The third-order valence-corrected chi connectivity index (χ3v) is 7.87. The second kappa shape index (κ2) is 9.87. The lowest BCUT2D eigenvalue weighted by Crippen LogP contribution is -2.38. The smallest absolute Gasteiger partial charge is 0.336 e. The maximum atomic E-state index is 12.0. The molecule has 2 heterocycles. The van der Waals surface area contributed by atoms with Gasteiger partial charge in [-0.3, -0.25) is 0 Å². The van der Waals surface area contributed by atoms with Crippen LogP contribution in [0.2, 0.25) is 0 Å². The van der Waals surface area contributed by atoms with Crippen molar-refractivity contribution in [1.29, 1.82) is 0 Å². The Bertz CT molecular complexity index is 1480. The highest BCUT2D eigenvalue weighted by Crippen LogP contribution is 2.44. The van der Waals surface area contributed by atoms with Gasteiger partial charge in [-0.25, -0.2) is 4.79 Å². The summed E-state index contributed by atoms with van der Waals surface area (Å²) in [4.78, 5) is 12.0. The van der Waals surface area contributed by atoms with Gasteiger partial charge in [0.15, 0.2) is 0 Å². The number of carboxylic acid groups (broad SMARTS) is 1. The summed E-state index contributed by atoms with van der Waals surface area (Å²) in [5.74, 6) is -0.442. The topological polar surface area (TPSA) is 96.2 Å². The van der Waals surface area contributed by atoms with Crippen LogP contribution in [0.25, 0.3) is 21.9 Å². The van der Waals surface area contributed by atoms with Crippen molar-refractivity contribution >= 4 is 16.7 Å². The van der Waals surface area contributed by atoms with Gasteiger partial charge < -0.3 is 24.8 Å². The molecule has 2 aliphatic rings. The van der Waals surface area contributed by atoms with Gasteiger partial charge in [0.05, 0.1) is 30.0 Å². The van der Waals surface area contributed by atoms with E-state index in [-0.39, 0.29) is 17.8 Å². The normalized spacial score (nSPS) is 22.5. The molecule has 6 rings (SSSR count). The van der Waals surface area contributed by atoms with E-state index < -0.39 is 18.2 Å². The maximum Gasteiger partial charge on any atom is 0.336 e. The number of ether oxygens (including phenoxy) is 2. The zero-order valence-electron chi connectivity index (χ0n) is 21.0. The second-order valence-corrected chi connectivity index (χ2v) is 10.4. The lowest BCUT2D eigenvalue weighted by atomic mass is 9.83. The molecule has 3 N–H and O–H groups in total. The molecule has 0 aliphatic carbocycles. The predicted octanol–water partition coefficient (Wildman–Crippen LogP) is 5.81. The van der Waals surface area contributed by atoms with E-state index in [1.807, 2.05) is 72.8 Å². The Morgan fingerprint density at radius 2 is 1.71 bits per heavy atom. The number of hydrogen-bond acceptors (Lipinski definition) is 5. The van der Waals surface area contributed by atoms with E-state index in [0.29, 0.717) is 36.3 Å². The second-order valence-electron chi connectivity index (χ2n) is 10.4. The molecule has 0 aromatic heterocycles.